The Kier molecular flexibility index (Phi) is 5.57. The first-order chi connectivity index (χ1) is 11.1. The Hall–Kier alpha value is -1.10. The molecule has 3 aliphatic rings. The molecule has 3 rings (SSSR count). The lowest BCUT2D eigenvalue weighted by molar-refractivity contribution is -0.135. The minimum Gasteiger partial charge on any atom is -0.341 e. The number of rotatable bonds is 4. The van der Waals surface area contributed by atoms with Gasteiger partial charge in [0.2, 0.25) is 11.8 Å². The van der Waals surface area contributed by atoms with Crippen LogP contribution in [0.15, 0.2) is 0 Å². The molecule has 5 nitrogen and oxygen atoms in total. The number of amides is 2. The number of carbonyl (C=O) groups excluding carboxylic acids is 2. The van der Waals surface area contributed by atoms with Crippen molar-refractivity contribution in [3.63, 3.8) is 0 Å². The van der Waals surface area contributed by atoms with E-state index in [1.807, 2.05) is 9.80 Å². The van der Waals surface area contributed by atoms with E-state index in [1.165, 1.54) is 19.3 Å². The zero-order valence-electron chi connectivity index (χ0n) is 14.4. The normalized spacial score (nSPS) is 29.3. The highest BCUT2D eigenvalue weighted by molar-refractivity contribution is 5.80. The first kappa shape index (κ1) is 16.7. The molecular weight excluding hydrogens is 290 g/mol. The van der Waals surface area contributed by atoms with Crippen molar-refractivity contribution in [1.29, 1.82) is 0 Å². The molecule has 0 aromatic heterocycles. The fourth-order valence-electron chi connectivity index (χ4n) is 4.37. The zero-order chi connectivity index (χ0) is 16.2. The third-order valence-corrected chi connectivity index (χ3v) is 5.87. The second kappa shape index (κ2) is 7.65. The first-order valence-electron chi connectivity index (χ1n) is 9.47. The van der Waals surface area contributed by atoms with Crippen molar-refractivity contribution in [2.24, 2.45) is 5.92 Å². The molecule has 1 aliphatic carbocycles. The monoisotopic (exact) mass is 321 g/mol. The molecule has 0 radical (unpaired) electrons. The van der Waals surface area contributed by atoms with Crippen LogP contribution in [0.25, 0.3) is 0 Å². The Bertz CT molecular complexity index is 434. The number of hydrogen-bond donors (Lipinski definition) is 1. The lowest BCUT2D eigenvalue weighted by Gasteiger charge is -2.26. The molecule has 5 heteroatoms. The first-order valence-corrected chi connectivity index (χ1v) is 9.47. The highest BCUT2D eigenvalue weighted by Gasteiger charge is 2.32. The third kappa shape index (κ3) is 4.06. The second-order valence-electron chi connectivity index (χ2n) is 7.56. The van der Waals surface area contributed by atoms with Crippen molar-refractivity contribution in [2.45, 2.75) is 70.4 Å². The van der Waals surface area contributed by atoms with Crippen LogP contribution < -0.4 is 5.32 Å². The Morgan fingerprint density at radius 3 is 2.48 bits per heavy atom. The standard InChI is InChI=1S/C18H31N3O2/c1-14-6-5-10-21(14)17(22)12-19-16-9-11-20(13-16)18(23)15-7-3-2-4-8-15/h14-16,19H,2-13H2,1H3/t14-,16-/m1/s1. The fourth-order valence-corrected chi connectivity index (χ4v) is 4.37. The molecule has 0 spiro atoms. The van der Waals surface area contributed by atoms with Crippen molar-refractivity contribution in [3.05, 3.63) is 0 Å². The quantitative estimate of drug-likeness (QED) is 0.858. The molecule has 0 aromatic rings. The molecular formula is C18H31N3O2. The van der Waals surface area contributed by atoms with Gasteiger partial charge in [0.05, 0.1) is 6.54 Å². The van der Waals surface area contributed by atoms with Gasteiger partial charge in [-0.15, -0.1) is 0 Å². The summed E-state index contributed by atoms with van der Waals surface area (Å²) in [7, 11) is 0. The summed E-state index contributed by atoms with van der Waals surface area (Å²) in [6.07, 6.45) is 9.05. The van der Waals surface area contributed by atoms with Gasteiger partial charge in [-0.25, -0.2) is 0 Å². The molecule has 2 aliphatic heterocycles. The maximum absolute atomic E-state index is 12.6. The van der Waals surface area contributed by atoms with Gasteiger partial charge >= 0.3 is 0 Å². The molecule has 2 saturated heterocycles. The highest BCUT2D eigenvalue weighted by Crippen LogP contribution is 2.26. The number of likely N-dealkylation sites (tertiary alicyclic amines) is 2. The van der Waals surface area contributed by atoms with Crippen molar-refractivity contribution >= 4 is 11.8 Å². The van der Waals surface area contributed by atoms with Crippen LogP contribution in [0, 0.1) is 5.92 Å². The van der Waals surface area contributed by atoms with Crippen LogP contribution in [-0.4, -0.2) is 59.9 Å². The predicted octanol–water partition coefficient (Wildman–Crippen LogP) is 1.77. The van der Waals surface area contributed by atoms with Crippen molar-refractivity contribution in [1.82, 2.24) is 15.1 Å². The summed E-state index contributed by atoms with van der Waals surface area (Å²) >= 11 is 0. The van der Waals surface area contributed by atoms with E-state index < -0.39 is 0 Å². The number of hydrogen-bond acceptors (Lipinski definition) is 3. The SMILES string of the molecule is C[C@@H]1CCCN1C(=O)CN[C@@H]1CCN(C(=O)C2CCCCC2)C1. The van der Waals surface area contributed by atoms with E-state index in [2.05, 4.69) is 12.2 Å². The molecule has 3 fully saturated rings. The van der Waals surface area contributed by atoms with E-state index in [0.29, 0.717) is 18.5 Å². The minimum absolute atomic E-state index is 0.215. The molecule has 1 saturated carbocycles. The van der Waals surface area contributed by atoms with Crippen molar-refractivity contribution in [2.75, 3.05) is 26.2 Å². The van der Waals surface area contributed by atoms with Crippen LogP contribution in [0.2, 0.25) is 0 Å². The fraction of sp³-hybridized carbons (Fsp3) is 0.889. The summed E-state index contributed by atoms with van der Waals surface area (Å²) in [5.41, 5.74) is 0. The lowest BCUT2D eigenvalue weighted by atomic mass is 9.88. The van der Waals surface area contributed by atoms with Crippen LogP contribution in [0.1, 0.15) is 58.3 Å². The highest BCUT2D eigenvalue weighted by atomic mass is 16.2. The van der Waals surface area contributed by atoms with Gasteiger partial charge in [-0.3, -0.25) is 9.59 Å². The van der Waals surface area contributed by atoms with Crippen molar-refractivity contribution < 1.29 is 9.59 Å². The summed E-state index contributed by atoms with van der Waals surface area (Å²) in [5.74, 6) is 0.829. The second-order valence-corrected chi connectivity index (χ2v) is 7.56. The van der Waals surface area contributed by atoms with Gasteiger partial charge in [-0.2, -0.15) is 0 Å². The van der Waals surface area contributed by atoms with E-state index in [1.54, 1.807) is 0 Å². The molecule has 0 aromatic carbocycles. The van der Waals surface area contributed by atoms with Crippen LogP contribution in [0.4, 0.5) is 0 Å². The van der Waals surface area contributed by atoms with Gasteiger partial charge in [0.15, 0.2) is 0 Å². The summed E-state index contributed by atoms with van der Waals surface area (Å²) < 4.78 is 0. The Balaban J connectivity index is 1.41. The van der Waals surface area contributed by atoms with Gasteiger partial charge in [0, 0.05) is 37.6 Å². The molecule has 2 heterocycles. The van der Waals surface area contributed by atoms with E-state index in [4.69, 9.17) is 0 Å². The third-order valence-electron chi connectivity index (χ3n) is 5.87. The molecule has 2 atom stereocenters. The Labute approximate surface area is 139 Å². The average molecular weight is 321 g/mol. The average Bonchev–Trinajstić information content (AvgIpc) is 3.22. The van der Waals surface area contributed by atoms with Gasteiger partial charge in [-0.05, 0) is 39.0 Å². The summed E-state index contributed by atoms with van der Waals surface area (Å²) in [4.78, 5) is 28.8. The van der Waals surface area contributed by atoms with E-state index in [-0.39, 0.29) is 17.9 Å². The summed E-state index contributed by atoms with van der Waals surface area (Å²) in [6, 6.07) is 0.668. The number of nitrogens with one attached hydrogen (secondary N) is 1. The van der Waals surface area contributed by atoms with E-state index >= 15 is 0 Å². The smallest absolute Gasteiger partial charge is 0.236 e. The summed E-state index contributed by atoms with van der Waals surface area (Å²) in [6.45, 7) is 5.07. The number of carbonyl (C=O) groups is 2. The molecule has 130 valence electrons. The zero-order valence-corrected chi connectivity index (χ0v) is 14.4. The van der Waals surface area contributed by atoms with E-state index in [9.17, 15) is 9.59 Å². The van der Waals surface area contributed by atoms with Crippen LogP contribution in [0.5, 0.6) is 0 Å². The largest absolute Gasteiger partial charge is 0.341 e. The topological polar surface area (TPSA) is 52.7 Å². The Morgan fingerprint density at radius 2 is 1.78 bits per heavy atom. The maximum atomic E-state index is 12.6. The van der Waals surface area contributed by atoms with Crippen LogP contribution >= 0.6 is 0 Å². The van der Waals surface area contributed by atoms with Gasteiger partial charge in [-0.1, -0.05) is 19.3 Å². The molecule has 0 bridgehead atoms. The van der Waals surface area contributed by atoms with Crippen molar-refractivity contribution in [3.8, 4) is 0 Å². The summed E-state index contributed by atoms with van der Waals surface area (Å²) in [5, 5.41) is 3.38. The Morgan fingerprint density at radius 1 is 1.00 bits per heavy atom. The predicted molar refractivity (Wildman–Crippen MR) is 90.0 cm³/mol. The molecule has 23 heavy (non-hydrogen) atoms. The van der Waals surface area contributed by atoms with Crippen LogP contribution in [-0.2, 0) is 9.59 Å². The van der Waals surface area contributed by atoms with E-state index in [0.717, 1.165) is 51.7 Å². The van der Waals surface area contributed by atoms with Crippen LogP contribution in [0.3, 0.4) is 0 Å². The molecule has 1 N–H and O–H groups in total. The molecule has 2 amide bonds. The van der Waals surface area contributed by atoms with Gasteiger partial charge in [0.1, 0.15) is 0 Å². The van der Waals surface area contributed by atoms with Gasteiger partial charge in [0.25, 0.3) is 0 Å². The number of nitrogens with zero attached hydrogens (tertiary/aromatic N) is 2. The molecule has 0 unspecified atom stereocenters. The lowest BCUT2D eigenvalue weighted by Crippen LogP contribution is -2.44. The van der Waals surface area contributed by atoms with Gasteiger partial charge < -0.3 is 15.1 Å². The maximum Gasteiger partial charge on any atom is 0.236 e. The minimum atomic E-state index is 0.215.